The van der Waals surface area contributed by atoms with Crippen LogP contribution in [-0.2, 0) is 4.79 Å². The van der Waals surface area contributed by atoms with Gasteiger partial charge < -0.3 is 5.32 Å². The largest absolute Gasteiger partial charge is 0.352 e. The topological polar surface area (TPSA) is 29.1 Å². The van der Waals surface area contributed by atoms with Crippen LogP contribution in [0.25, 0.3) is 0 Å². The van der Waals surface area contributed by atoms with Gasteiger partial charge in [-0.2, -0.15) is 0 Å². The van der Waals surface area contributed by atoms with E-state index in [1.165, 1.54) is 0 Å². The third-order valence-corrected chi connectivity index (χ3v) is 1.20. The minimum absolute atomic E-state index is 0.00472. The number of nitrogens with one attached hydrogen (secondary N) is 1. The van der Waals surface area contributed by atoms with E-state index in [4.69, 9.17) is 0 Å². The molecule has 2 nitrogen and oxygen atoms in total. The van der Waals surface area contributed by atoms with Crippen molar-refractivity contribution in [3.63, 3.8) is 0 Å². The molecule has 1 atom stereocenters. The van der Waals surface area contributed by atoms with Gasteiger partial charge in [-0.1, -0.05) is 22.0 Å². The van der Waals surface area contributed by atoms with Crippen molar-refractivity contribution < 1.29 is 4.79 Å². The summed E-state index contributed by atoms with van der Waals surface area (Å²) in [4.78, 5) is 10.6. The van der Waals surface area contributed by atoms with E-state index in [0.29, 0.717) is 6.54 Å². The van der Waals surface area contributed by atoms with Crippen molar-refractivity contribution in [1.82, 2.24) is 5.32 Å². The molecule has 52 valence electrons. The normalized spacial score (nSPS) is 12.2. The lowest BCUT2D eigenvalue weighted by molar-refractivity contribution is -0.119. The third kappa shape index (κ3) is 4.21. The van der Waals surface area contributed by atoms with Crippen LogP contribution in [0.4, 0.5) is 0 Å². The Morgan fingerprint density at radius 1 is 2.00 bits per heavy atom. The highest BCUT2D eigenvalue weighted by Crippen LogP contribution is 1.94. The Morgan fingerprint density at radius 2 is 2.56 bits per heavy atom. The monoisotopic (exact) mass is 191 g/mol. The summed E-state index contributed by atoms with van der Waals surface area (Å²) < 4.78 is 0. The first-order valence-electron chi connectivity index (χ1n) is 2.71. The summed E-state index contributed by atoms with van der Waals surface area (Å²) >= 11 is 3.12. The van der Waals surface area contributed by atoms with Gasteiger partial charge in [0.2, 0.25) is 5.91 Å². The molecule has 0 saturated carbocycles. The average Bonchev–Trinajstić information content (AvgIpc) is 1.82. The molecule has 0 aromatic heterocycles. The number of rotatable bonds is 3. The maximum Gasteiger partial charge on any atom is 0.233 e. The molecule has 0 radical (unpaired) electrons. The zero-order valence-corrected chi connectivity index (χ0v) is 6.94. The zero-order valence-electron chi connectivity index (χ0n) is 5.36. The number of hydrogen-bond acceptors (Lipinski definition) is 1. The highest BCUT2D eigenvalue weighted by Gasteiger charge is 2.04. The lowest BCUT2D eigenvalue weighted by Gasteiger charge is -2.01. The van der Waals surface area contributed by atoms with Crippen molar-refractivity contribution in [2.24, 2.45) is 0 Å². The lowest BCUT2D eigenvalue weighted by atomic mass is 10.4. The summed E-state index contributed by atoms with van der Waals surface area (Å²) in [6, 6.07) is 0. The van der Waals surface area contributed by atoms with E-state index in [0.717, 1.165) is 0 Å². The van der Waals surface area contributed by atoms with Crippen molar-refractivity contribution in [1.29, 1.82) is 0 Å². The molecule has 1 N–H and O–H groups in total. The molecule has 0 unspecified atom stereocenters. The molecule has 0 aliphatic carbocycles. The fraction of sp³-hybridized carbons (Fsp3) is 0.500. The molecular weight excluding hydrogens is 182 g/mol. The SMILES string of the molecule is C=CCNC(=O)[C@@H](C)Br. The minimum Gasteiger partial charge on any atom is -0.352 e. The lowest BCUT2D eigenvalue weighted by Crippen LogP contribution is -2.29. The molecule has 0 heterocycles. The Labute approximate surface area is 63.5 Å². The second-order valence-corrected chi connectivity index (χ2v) is 3.02. The second-order valence-electron chi connectivity index (χ2n) is 1.65. The smallest absolute Gasteiger partial charge is 0.233 e. The van der Waals surface area contributed by atoms with Gasteiger partial charge in [-0.3, -0.25) is 4.79 Å². The Hall–Kier alpha value is -0.310. The molecule has 0 aliphatic rings. The molecule has 0 aromatic carbocycles. The van der Waals surface area contributed by atoms with Gasteiger partial charge >= 0.3 is 0 Å². The van der Waals surface area contributed by atoms with Gasteiger partial charge in [0, 0.05) is 6.54 Å². The van der Waals surface area contributed by atoms with Crippen LogP contribution in [0.5, 0.6) is 0 Å². The molecule has 0 saturated heterocycles. The van der Waals surface area contributed by atoms with Crippen molar-refractivity contribution in [3.8, 4) is 0 Å². The number of amides is 1. The number of hydrogen-bond donors (Lipinski definition) is 1. The summed E-state index contributed by atoms with van der Waals surface area (Å²) in [6.45, 7) is 5.77. The van der Waals surface area contributed by atoms with E-state index in [9.17, 15) is 4.79 Å². The first-order chi connectivity index (χ1) is 4.18. The van der Waals surface area contributed by atoms with Gasteiger partial charge in [0.05, 0.1) is 4.83 Å². The van der Waals surface area contributed by atoms with Crippen molar-refractivity contribution in [3.05, 3.63) is 12.7 Å². The highest BCUT2D eigenvalue weighted by atomic mass is 79.9. The van der Waals surface area contributed by atoms with Gasteiger partial charge in [0.15, 0.2) is 0 Å². The van der Waals surface area contributed by atoms with Crippen LogP contribution in [0.3, 0.4) is 0 Å². The Bertz CT molecular complexity index is 112. The minimum atomic E-state index is -0.113. The molecule has 0 aliphatic heterocycles. The standard InChI is InChI=1S/C6H10BrNO/c1-3-4-8-6(9)5(2)7/h3,5H,1,4H2,2H3,(H,8,9)/t5-/m1/s1. The first kappa shape index (κ1) is 8.69. The molecule has 0 rings (SSSR count). The van der Waals surface area contributed by atoms with Crippen LogP contribution in [0, 0.1) is 0 Å². The summed E-state index contributed by atoms with van der Waals surface area (Å²) in [5.41, 5.74) is 0. The van der Waals surface area contributed by atoms with Crippen LogP contribution >= 0.6 is 15.9 Å². The van der Waals surface area contributed by atoms with Crippen LogP contribution in [0.2, 0.25) is 0 Å². The number of carbonyl (C=O) groups excluding carboxylic acids is 1. The maximum absolute atomic E-state index is 10.7. The summed E-state index contributed by atoms with van der Waals surface area (Å²) in [6.07, 6.45) is 1.65. The fourth-order valence-electron chi connectivity index (χ4n) is 0.313. The predicted molar refractivity (Wildman–Crippen MR) is 41.6 cm³/mol. The van der Waals surface area contributed by atoms with Crippen LogP contribution < -0.4 is 5.32 Å². The molecule has 0 spiro atoms. The van der Waals surface area contributed by atoms with Crippen molar-refractivity contribution in [2.45, 2.75) is 11.8 Å². The van der Waals surface area contributed by atoms with Crippen LogP contribution in [-0.4, -0.2) is 17.3 Å². The molecular formula is C6H10BrNO. The molecule has 9 heavy (non-hydrogen) atoms. The quantitative estimate of drug-likeness (QED) is 0.526. The number of halogens is 1. The van der Waals surface area contributed by atoms with Crippen molar-refractivity contribution >= 4 is 21.8 Å². The van der Waals surface area contributed by atoms with E-state index in [2.05, 4.69) is 27.8 Å². The molecule has 0 fully saturated rings. The zero-order chi connectivity index (χ0) is 7.28. The molecule has 1 amide bonds. The first-order valence-corrected chi connectivity index (χ1v) is 3.62. The maximum atomic E-state index is 10.7. The van der Waals surface area contributed by atoms with E-state index >= 15 is 0 Å². The molecule has 0 bridgehead atoms. The van der Waals surface area contributed by atoms with Crippen LogP contribution in [0.15, 0.2) is 12.7 Å². The molecule has 0 aromatic rings. The molecule has 3 heteroatoms. The van der Waals surface area contributed by atoms with Crippen LogP contribution in [0.1, 0.15) is 6.92 Å². The van der Waals surface area contributed by atoms with Gasteiger partial charge in [0.1, 0.15) is 0 Å². The average molecular weight is 192 g/mol. The summed E-state index contributed by atoms with van der Waals surface area (Å²) in [7, 11) is 0. The van der Waals surface area contributed by atoms with E-state index in [1.807, 2.05) is 0 Å². The van der Waals surface area contributed by atoms with Gasteiger partial charge in [-0.15, -0.1) is 6.58 Å². The van der Waals surface area contributed by atoms with E-state index in [-0.39, 0.29) is 10.7 Å². The Balaban J connectivity index is 3.38. The van der Waals surface area contributed by atoms with Gasteiger partial charge in [-0.05, 0) is 6.92 Å². The highest BCUT2D eigenvalue weighted by molar-refractivity contribution is 9.10. The number of carbonyl (C=O) groups is 1. The van der Waals surface area contributed by atoms with E-state index < -0.39 is 0 Å². The summed E-state index contributed by atoms with van der Waals surface area (Å²) in [5, 5.41) is 2.63. The Kier molecular flexibility index (Phi) is 4.40. The van der Waals surface area contributed by atoms with Gasteiger partial charge in [-0.25, -0.2) is 0 Å². The van der Waals surface area contributed by atoms with Gasteiger partial charge in [0.25, 0.3) is 0 Å². The predicted octanol–water partition coefficient (Wildman–Crippen LogP) is 1.07. The fourth-order valence-corrected chi connectivity index (χ4v) is 0.475. The number of alkyl halides is 1. The van der Waals surface area contributed by atoms with Crippen molar-refractivity contribution in [2.75, 3.05) is 6.54 Å². The Morgan fingerprint density at radius 3 is 2.89 bits per heavy atom. The summed E-state index contributed by atoms with van der Waals surface area (Å²) in [5.74, 6) is -0.00472. The third-order valence-electron chi connectivity index (χ3n) is 0.782. The van der Waals surface area contributed by atoms with E-state index in [1.54, 1.807) is 13.0 Å². The second kappa shape index (κ2) is 4.56.